The number of carbonyl (C=O) groups excluding carboxylic acids is 1. The second-order valence-electron chi connectivity index (χ2n) is 4.24. The Labute approximate surface area is 122 Å². The highest BCUT2D eigenvalue weighted by Gasteiger charge is 2.07. The molecule has 0 atom stereocenters. The molecule has 0 aliphatic carbocycles. The highest BCUT2D eigenvalue weighted by Crippen LogP contribution is 2.12. The van der Waals surface area contributed by atoms with Crippen LogP contribution in [0.5, 0.6) is 0 Å². The number of carbonyl (C=O) groups is 1. The van der Waals surface area contributed by atoms with Gasteiger partial charge in [0, 0.05) is 36.4 Å². The molecule has 2 aromatic rings. The monoisotopic (exact) mass is 291 g/mol. The number of hydrogen-bond donors (Lipinski definition) is 1. The largest absolute Gasteiger partial charge is 0.462 e. The molecule has 0 aliphatic rings. The van der Waals surface area contributed by atoms with E-state index in [2.05, 4.69) is 15.3 Å². The molecule has 0 radical (unpaired) electrons. The van der Waals surface area contributed by atoms with Gasteiger partial charge in [-0.05, 0) is 19.9 Å². The van der Waals surface area contributed by atoms with Gasteiger partial charge in [-0.15, -0.1) is 11.3 Å². The number of rotatable bonds is 6. The van der Waals surface area contributed by atoms with Crippen LogP contribution in [-0.4, -0.2) is 29.1 Å². The van der Waals surface area contributed by atoms with E-state index in [9.17, 15) is 4.79 Å². The standard InChI is InChI=1S/C14H17N3O2S/c1-3-19-14(18)11-6-12(8-15-7-11)16-5-4-13-17-10(2)9-20-13/h6-9,16H,3-5H2,1-2H3. The first-order chi connectivity index (χ1) is 9.69. The van der Waals surface area contributed by atoms with Crippen molar-refractivity contribution in [3.05, 3.63) is 40.1 Å². The quantitative estimate of drug-likeness (QED) is 0.829. The van der Waals surface area contributed by atoms with Crippen molar-refractivity contribution in [1.82, 2.24) is 9.97 Å². The molecule has 106 valence electrons. The van der Waals surface area contributed by atoms with Crippen LogP contribution in [0.3, 0.4) is 0 Å². The van der Waals surface area contributed by atoms with Gasteiger partial charge in [-0.1, -0.05) is 0 Å². The van der Waals surface area contributed by atoms with Gasteiger partial charge in [0.05, 0.1) is 22.9 Å². The summed E-state index contributed by atoms with van der Waals surface area (Å²) in [7, 11) is 0. The number of aryl methyl sites for hydroxylation is 1. The van der Waals surface area contributed by atoms with Crippen molar-refractivity contribution >= 4 is 23.0 Å². The highest BCUT2D eigenvalue weighted by molar-refractivity contribution is 7.09. The molecule has 0 bridgehead atoms. The lowest BCUT2D eigenvalue weighted by Crippen LogP contribution is -2.08. The molecule has 6 heteroatoms. The fourth-order valence-corrected chi connectivity index (χ4v) is 2.47. The molecule has 5 nitrogen and oxygen atoms in total. The summed E-state index contributed by atoms with van der Waals surface area (Å²) in [6.45, 7) is 4.88. The molecule has 0 saturated heterocycles. The van der Waals surface area contributed by atoms with Crippen LogP contribution in [-0.2, 0) is 11.2 Å². The summed E-state index contributed by atoms with van der Waals surface area (Å²) >= 11 is 1.66. The summed E-state index contributed by atoms with van der Waals surface area (Å²) in [4.78, 5) is 20.0. The maximum atomic E-state index is 11.6. The third kappa shape index (κ3) is 4.03. The molecule has 20 heavy (non-hydrogen) atoms. The van der Waals surface area contributed by atoms with Crippen LogP contribution >= 0.6 is 11.3 Å². The van der Waals surface area contributed by atoms with Crippen LogP contribution in [0.15, 0.2) is 23.8 Å². The van der Waals surface area contributed by atoms with E-state index in [1.54, 1.807) is 30.5 Å². The first-order valence-electron chi connectivity index (χ1n) is 6.46. The summed E-state index contributed by atoms with van der Waals surface area (Å²) in [6, 6.07) is 1.75. The zero-order chi connectivity index (χ0) is 14.4. The third-order valence-corrected chi connectivity index (χ3v) is 3.61. The van der Waals surface area contributed by atoms with E-state index in [1.165, 1.54) is 6.20 Å². The van der Waals surface area contributed by atoms with E-state index in [4.69, 9.17) is 4.74 Å². The van der Waals surface area contributed by atoms with Crippen LogP contribution in [0, 0.1) is 6.92 Å². The predicted molar refractivity (Wildman–Crippen MR) is 79.2 cm³/mol. The summed E-state index contributed by atoms with van der Waals surface area (Å²) in [5.41, 5.74) is 2.32. The number of esters is 1. The van der Waals surface area contributed by atoms with Crippen molar-refractivity contribution < 1.29 is 9.53 Å². The topological polar surface area (TPSA) is 64.1 Å². The lowest BCUT2D eigenvalue weighted by molar-refractivity contribution is 0.0526. The number of pyridine rings is 1. The summed E-state index contributed by atoms with van der Waals surface area (Å²) < 4.78 is 4.94. The van der Waals surface area contributed by atoms with Gasteiger partial charge in [-0.2, -0.15) is 0 Å². The zero-order valence-electron chi connectivity index (χ0n) is 11.5. The number of anilines is 1. The van der Waals surface area contributed by atoms with Crippen molar-refractivity contribution in [3.8, 4) is 0 Å². The Morgan fingerprint density at radius 2 is 2.30 bits per heavy atom. The van der Waals surface area contributed by atoms with Crippen molar-refractivity contribution in [2.75, 3.05) is 18.5 Å². The molecule has 0 unspecified atom stereocenters. The second kappa shape index (κ2) is 7.00. The van der Waals surface area contributed by atoms with Crippen molar-refractivity contribution in [1.29, 1.82) is 0 Å². The van der Waals surface area contributed by atoms with Crippen LogP contribution < -0.4 is 5.32 Å². The third-order valence-electron chi connectivity index (χ3n) is 2.58. The number of thiazole rings is 1. The minimum atomic E-state index is -0.348. The molecule has 2 heterocycles. The molecular weight excluding hydrogens is 274 g/mol. The number of aromatic nitrogens is 2. The van der Waals surface area contributed by atoms with Crippen LogP contribution in [0.25, 0.3) is 0 Å². The molecule has 2 aromatic heterocycles. The Hall–Kier alpha value is -1.95. The molecular formula is C14H17N3O2S. The molecule has 1 N–H and O–H groups in total. The smallest absolute Gasteiger partial charge is 0.339 e. The summed E-state index contributed by atoms with van der Waals surface area (Å²) in [5, 5.41) is 6.38. The molecule has 0 amide bonds. The SMILES string of the molecule is CCOC(=O)c1cncc(NCCc2nc(C)cs2)c1. The van der Waals surface area contributed by atoms with Crippen LogP contribution in [0.2, 0.25) is 0 Å². The van der Waals surface area contributed by atoms with Gasteiger partial charge in [-0.3, -0.25) is 4.98 Å². The minimum absolute atomic E-state index is 0.348. The predicted octanol–water partition coefficient (Wildman–Crippen LogP) is 2.68. The lowest BCUT2D eigenvalue weighted by atomic mass is 10.2. The Balaban J connectivity index is 1.89. The fraction of sp³-hybridized carbons (Fsp3) is 0.357. The fourth-order valence-electron chi connectivity index (χ4n) is 1.69. The molecule has 0 spiro atoms. The van der Waals surface area contributed by atoms with Gasteiger partial charge in [0.25, 0.3) is 0 Å². The summed E-state index contributed by atoms with van der Waals surface area (Å²) in [5.74, 6) is -0.348. The zero-order valence-corrected chi connectivity index (χ0v) is 12.4. The average molecular weight is 291 g/mol. The number of nitrogens with zero attached hydrogens (tertiary/aromatic N) is 2. The molecule has 0 aliphatic heterocycles. The summed E-state index contributed by atoms with van der Waals surface area (Å²) in [6.07, 6.45) is 4.05. The Kier molecular flexibility index (Phi) is 5.06. The van der Waals surface area contributed by atoms with E-state index < -0.39 is 0 Å². The number of ether oxygens (including phenoxy) is 1. The second-order valence-corrected chi connectivity index (χ2v) is 5.18. The average Bonchev–Trinajstić information content (AvgIpc) is 2.85. The van der Waals surface area contributed by atoms with E-state index in [-0.39, 0.29) is 5.97 Å². The molecule has 0 fully saturated rings. The lowest BCUT2D eigenvalue weighted by Gasteiger charge is -2.06. The van der Waals surface area contributed by atoms with Crippen LogP contribution in [0.1, 0.15) is 28.0 Å². The maximum Gasteiger partial charge on any atom is 0.339 e. The Morgan fingerprint density at radius 1 is 1.45 bits per heavy atom. The molecule has 0 saturated carbocycles. The number of nitrogens with one attached hydrogen (secondary N) is 1. The van der Waals surface area contributed by atoms with E-state index in [1.807, 2.05) is 12.3 Å². The van der Waals surface area contributed by atoms with Gasteiger partial charge in [0.1, 0.15) is 0 Å². The number of hydrogen-bond acceptors (Lipinski definition) is 6. The Morgan fingerprint density at radius 3 is 3.00 bits per heavy atom. The molecule has 2 rings (SSSR count). The highest BCUT2D eigenvalue weighted by atomic mass is 32.1. The maximum absolute atomic E-state index is 11.6. The minimum Gasteiger partial charge on any atom is -0.462 e. The normalized spacial score (nSPS) is 10.3. The molecule has 0 aromatic carbocycles. The van der Waals surface area contributed by atoms with Crippen LogP contribution in [0.4, 0.5) is 5.69 Å². The van der Waals surface area contributed by atoms with Gasteiger partial charge >= 0.3 is 5.97 Å². The van der Waals surface area contributed by atoms with Crippen molar-refractivity contribution in [2.24, 2.45) is 0 Å². The van der Waals surface area contributed by atoms with Crippen molar-refractivity contribution in [2.45, 2.75) is 20.3 Å². The van der Waals surface area contributed by atoms with Gasteiger partial charge in [-0.25, -0.2) is 9.78 Å². The first-order valence-corrected chi connectivity index (χ1v) is 7.34. The van der Waals surface area contributed by atoms with Gasteiger partial charge < -0.3 is 10.1 Å². The van der Waals surface area contributed by atoms with E-state index in [0.29, 0.717) is 12.2 Å². The first kappa shape index (κ1) is 14.5. The van der Waals surface area contributed by atoms with E-state index in [0.717, 1.165) is 29.4 Å². The van der Waals surface area contributed by atoms with Gasteiger partial charge in [0.15, 0.2) is 0 Å². The van der Waals surface area contributed by atoms with Crippen molar-refractivity contribution in [3.63, 3.8) is 0 Å². The Bertz CT molecular complexity index is 583. The van der Waals surface area contributed by atoms with E-state index >= 15 is 0 Å². The van der Waals surface area contributed by atoms with Gasteiger partial charge in [0.2, 0.25) is 0 Å².